The summed E-state index contributed by atoms with van der Waals surface area (Å²) in [6.45, 7) is 2.09. The van der Waals surface area contributed by atoms with Gasteiger partial charge < -0.3 is 5.73 Å². The summed E-state index contributed by atoms with van der Waals surface area (Å²) in [5, 5.41) is 4.37. The van der Waals surface area contributed by atoms with Gasteiger partial charge in [-0.2, -0.15) is 5.10 Å². The lowest BCUT2D eigenvalue weighted by Crippen LogP contribution is -2.32. The molecule has 1 heterocycles. The van der Waals surface area contributed by atoms with Gasteiger partial charge in [0.1, 0.15) is 0 Å². The SMILES string of the molecule is CCC(N)C(c1cccc(Br)c1)n1cc(Br)cn1. The van der Waals surface area contributed by atoms with E-state index < -0.39 is 0 Å². The quantitative estimate of drug-likeness (QED) is 0.888. The molecule has 0 amide bonds. The van der Waals surface area contributed by atoms with Crippen molar-refractivity contribution in [3.05, 3.63) is 51.2 Å². The molecule has 0 aliphatic carbocycles. The van der Waals surface area contributed by atoms with E-state index in [9.17, 15) is 0 Å². The molecule has 0 bridgehead atoms. The van der Waals surface area contributed by atoms with Crippen molar-refractivity contribution in [3.63, 3.8) is 0 Å². The Labute approximate surface area is 124 Å². The fourth-order valence-electron chi connectivity index (χ4n) is 1.98. The lowest BCUT2D eigenvalue weighted by atomic mass is 9.98. The van der Waals surface area contributed by atoms with Gasteiger partial charge in [0.15, 0.2) is 0 Å². The standard InChI is InChI=1S/C13H15Br2N3/c1-2-12(16)13(18-8-11(15)7-17-18)9-4-3-5-10(14)6-9/h3-8,12-13H,2,16H2,1H3. The molecule has 1 aromatic heterocycles. The van der Waals surface area contributed by atoms with Crippen molar-refractivity contribution >= 4 is 31.9 Å². The summed E-state index contributed by atoms with van der Waals surface area (Å²) in [4.78, 5) is 0. The van der Waals surface area contributed by atoms with Crippen LogP contribution in [0.5, 0.6) is 0 Å². The third-order valence-electron chi connectivity index (χ3n) is 2.92. The summed E-state index contributed by atoms with van der Waals surface area (Å²) in [5.41, 5.74) is 7.41. The molecule has 2 atom stereocenters. The first-order chi connectivity index (χ1) is 8.61. The van der Waals surface area contributed by atoms with E-state index in [1.54, 1.807) is 6.20 Å². The predicted molar refractivity (Wildman–Crippen MR) is 80.5 cm³/mol. The average Bonchev–Trinajstić information content (AvgIpc) is 2.76. The van der Waals surface area contributed by atoms with Gasteiger partial charge in [-0.15, -0.1) is 0 Å². The maximum atomic E-state index is 6.25. The van der Waals surface area contributed by atoms with Crippen LogP contribution in [0.3, 0.4) is 0 Å². The van der Waals surface area contributed by atoms with Gasteiger partial charge in [-0.05, 0) is 40.0 Å². The van der Waals surface area contributed by atoms with Crippen LogP contribution in [0.1, 0.15) is 24.9 Å². The molecule has 2 unspecified atom stereocenters. The Morgan fingerprint density at radius 1 is 1.33 bits per heavy atom. The zero-order chi connectivity index (χ0) is 13.1. The van der Waals surface area contributed by atoms with E-state index in [-0.39, 0.29) is 12.1 Å². The Morgan fingerprint density at radius 2 is 2.11 bits per heavy atom. The average molecular weight is 373 g/mol. The first-order valence-corrected chi connectivity index (χ1v) is 7.41. The third kappa shape index (κ3) is 3.02. The smallest absolute Gasteiger partial charge is 0.0919 e. The molecule has 0 radical (unpaired) electrons. The molecule has 0 aliphatic heterocycles. The highest BCUT2D eigenvalue weighted by Crippen LogP contribution is 2.26. The molecule has 96 valence electrons. The van der Waals surface area contributed by atoms with E-state index >= 15 is 0 Å². The molecular weight excluding hydrogens is 358 g/mol. The lowest BCUT2D eigenvalue weighted by molar-refractivity contribution is 0.424. The molecule has 0 saturated heterocycles. The number of benzene rings is 1. The molecule has 1 aromatic carbocycles. The Balaban J connectivity index is 2.43. The van der Waals surface area contributed by atoms with E-state index in [2.05, 4.69) is 56.0 Å². The van der Waals surface area contributed by atoms with Crippen LogP contribution >= 0.6 is 31.9 Å². The monoisotopic (exact) mass is 371 g/mol. The summed E-state index contributed by atoms with van der Waals surface area (Å²) in [5.74, 6) is 0. The highest BCUT2D eigenvalue weighted by atomic mass is 79.9. The van der Waals surface area contributed by atoms with Crippen LogP contribution in [0.2, 0.25) is 0 Å². The summed E-state index contributed by atoms with van der Waals surface area (Å²) in [6, 6.07) is 8.30. The van der Waals surface area contributed by atoms with Crippen molar-refractivity contribution in [2.75, 3.05) is 0 Å². The predicted octanol–water partition coefficient (Wildman–Crippen LogP) is 3.73. The van der Waals surface area contributed by atoms with Gasteiger partial charge in [0.25, 0.3) is 0 Å². The fraction of sp³-hybridized carbons (Fsp3) is 0.308. The van der Waals surface area contributed by atoms with E-state index in [1.165, 1.54) is 0 Å². The van der Waals surface area contributed by atoms with Gasteiger partial charge in [0.2, 0.25) is 0 Å². The third-order valence-corrected chi connectivity index (χ3v) is 3.82. The molecule has 0 spiro atoms. The Morgan fingerprint density at radius 3 is 2.67 bits per heavy atom. The normalized spacial score (nSPS) is 14.4. The van der Waals surface area contributed by atoms with Crippen molar-refractivity contribution in [2.24, 2.45) is 5.73 Å². The van der Waals surface area contributed by atoms with Gasteiger partial charge >= 0.3 is 0 Å². The van der Waals surface area contributed by atoms with Crippen LogP contribution in [0.25, 0.3) is 0 Å². The Hall–Kier alpha value is -0.650. The number of nitrogens with zero attached hydrogens (tertiary/aromatic N) is 2. The van der Waals surface area contributed by atoms with E-state index in [0.717, 1.165) is 20.9 Å². The molecule has 2 rings (SSSR count). The zero-order valence-electron chi connectivity index (χ0n) is 10.1. The summed E-state index contributed by atoms with van der Waals surface area (Å²) in [7, 11) is 0. The summed E-state index contributed by atoms with van der Waals surface area (Å²) in [6.07, 6.45) is 4.64. The molecule has 2 aromatic rings. The first kappa shape index (κ1) is 13.8. The number of nitrogens with two attached hydrogens (primary N) is 1. The largest absolute Gasteiger partial charge is 0.326 e. The number of aromatic nitrogens is 2. The number of hydrogen-bond donors (Lipinski definition) is 1. The molecule has 18 heavy (non-hydrogen) atoms. The number of hydrogen-bond acceptors (Lipinski definition) is 2. The summed E-state index contributed by atoms with van der Waals surface area (Å²) >= 11 is 6.92. The van der Waals surface area contributed by atoms with Crippen LogP contribution in [-0.2, 0) is 0 Å². The van der Waals surface area contributed by atoms with Crippen molar-refractivity contribution < 1.29 is 0 Å². The van der Waals surface area contributed by atoms with Gasteiger partial charge in [0.05, 0.1) is 16.7 Å². The highest BCUT2D eigenvalue weighted by Gasteiger charge is 2.21. The van der Waals surface area contributed by atoms with Crippen molar-refractivity contribution in [1.29, 1.82) is 0 Å². The van der Waals surface area contributed by atoms with Crippen LogP contribution in [0, 0.1) is 0 Å². The fourth-order valence-corrected chi connectivity index (χ4v) is 2.70. The van der Waals surface area contributed by atoms with Crippen LogP contribution in [0.15, 0.2) is 45.6 Å². The molecule has 0 saturated carbocycles. The van der Waals surface area contributed by atoms with Gasteiger partial charge in [0, 0.05) is 16.7 Å². The highest BCUT2D eigenvalue weighted by molar-refractivity contribution is 9.10. The minimum absolute atomic E-state index is 0.0334. The Bertz CT molecular complexity index is 524. The topological polar surface area (TPSA) is 43.8 Å². The second kappa shape index (κ2) is 5.99. The second-order valence-electron chi connectivity index (χ2n) is 4.21. The Kier molecular flexibility index (Phi) is 4.59. The van der Waals surface area contributed by atoms with E-state index in [0.29, 0.717) is 0 Å². The molecular formula is C13H15Br2N3. The number of halogens is 2. The van der Waals surface area contributed by atoms with Crippen molar-refractivity contribution in [3.8, 4) is 0 Å². The van der Waals surface area contributed by atoms with E-state index in [1.807, 2.05) is 23.0 Å². The zero-order valence-corrected chi connectivity index (χ0v) is 13.2. The molecule has 3 nitrogen and oxygen atoms in total. The van der Waals surface area contributed by atoms with Crippen molar-refractivity contribution in [1.82, 2.24) is 9.78 Å². The lowest BCUT2D eigenvalue weighted by Gasteiger charge is -2.24. The second-order valence-corrected chi connectivity index (χ2v) is 6.04. The maximum absolute atomic E-state index is 6.25. The number of rotatable bonds is 4. The van der Waals surface area contributed by atoms with Gasteiger partial charge in [-0.25, -0.2) is 0 Å². The van der Waals surface area contributed by atoms with Crippen LogP contribution < -0.4 is 5.73 Å². The van der Waals surface area contributed by atoms with Crippen LogP contribution in [-0.4, -0.2) is 15.8 Å². The van der Waals surface area contributed by atoms with E-state index in [4.69, 9.17) is 5.73 Å². The van der Waals surface area contributed by atoms with Crippen LogP contribution in [0.4, 0.5) is 0 Å². The summed E-state index contributed by atoms with van der Waals surface area (Å²) < 4.78 is 3.94. The molecule has 5 heteroatoms. The minimum Gasteiger partial charge on any atom is -0.326 e. The first-order valence-electron chi connectivity index (χ1n) is 5.82. The van der Waals surface area contributed by atoms with Gasteiger partial charge in [-0.1, -0.05) is 35.0 Å². The van der Waals surface area contributed by atoms with Crippen molar-refractivity contribution in [2.45, 2.75) is 25.4 Å². The molecule has 0 fully saturated rings. The minimum atomic E-state index is 0.0334. The maximum Gasteiger partial charge on any atom is 0.0919 e. The van der Waals surface area contributed by atoms with Gasteiger partial charge in [-0.3, -0.25) is 4.68 Å². The molecule has 2 N–H and O–H groups in total. The molecule has 0 aliphatic rings.